The zero-order chi connectivity index (χ0) is 12.4. The van der Waals surface area contributed by atoms with Crippen molar-refractivity contribution in [2.45, 2.75) is 37.8 Å². The molecule has 0 unspecified atom stereocenters. The molecular weight excluding hydrogens is 224 g/mol. The van der Waals surface area contributed by atoms with Gasteiger partial charge in [-0.3, -0.25) is 0 Å². The number of methoxy groups -OCH3 is 1. The van der Waals surface area contributed by atoms with Gasteiger partial charge in [0.25, 0.3) is 0 Å². The first-order chi connectivity index (χ1) is 8.90. The summed E-state index contributed by atoms with van der Waals surface area (Å²) in [5.41, 5.74) is 1.26. The summed E-state index contributed by atoms with van der Waals surface area (Å²) in [4.78, 5) is 2.55. The minimum Gasteiger partial charge on any atom is -0.495 e. The maximum Gasteiger partial charge on any atom is 0.142 e. The minimum absolute atomic E-state index is 0.642. The smallest absolute Gasteiger partial charge is 0.142 e. The predicted octanol–water partition coefficient (Wildman–Crippen LogP) is 2.42. The largest absolute Gasteiger partial charge is 0.495 e. The van der Waals surface area contributed by atoms with E-state index in [2.05, 4.69) is 28.4 Å². The molecule has 3 rings (SSSR count). The van der Waals surface area contributed by atoms with Gasteiger partial charge < -0.3 is 15.0 Å². The standard InChI is InChI=1S/C15H22N2O/c1-18-15-9-5-4-8-14(15)17-11-10-16-12-6-2-3-7-13(12)17/h4-5,8-9,12-13,16H,2-3,6-7,10-11H2,1H3/t12-,13-/m0/s1. The molecule has 0 spiro atoms. The molecule has 3 heteroatoms. The maximum atomic E-state index is 5.52. The van der Waals surface area contributed by atoms with Crippen molar-refractivity contribution in [3.05, 3.63) is 24.3 Å². The number of nitrogens with one attached hydrogen (secondary N) is 1. The van der Waals surface area contributed by atoms with Crippen LogP contribution in [0.15, 0.2) is 24.3 Å². The zero-order valence-corrected chi connectivity index (χ0v) is 11.1. The Morgan fingerprint density at radius 2 is 2.06 bits per heavy atom. The van der Waals surface area contributed by atoms with Gasteiger partial charge >= 0.3 is 0 Å². The molecule has 98 valence electrons. The van der Waals surface area contributed by atoms with Crippen molar-refractivity contribution >= 4 is 5.69 Å². The lowest BCUT2D eigenvalue weighted by Gasteiger charge is -2.46. The van der Waals surface area contributed by atoms with Gasteiger partial charge in [-0.25, -0.2) is 0 Å². The molecule has 2 aliphatic rings. The maximum absolute atomic E-state index is 5.52. The van der Waals surface area contributed by atoms with E-state index in [1.54, 1.807) is 7.11 Å². The molecule has 0 aromatic heterocycles. The van der Waals surface area contributed by atoms with Crippen LogP contribution < -0.4 is 15.0 Å². The van der Waals surface area contributed by atoms with Crippen molar-refractivity contribution in [1.82, 2.24) is 5.32 Å². The van der Waals surface area contributed by atoms with E-state index in [1.807, 2.05) is 6.07 Å². The van der Waals surface area contributed by atoms with Crippen molar-refractivity contribution < 1.29 is 4.74 Å². The average Bonchev–Trinajstić information content (AvgIpc) is 2.46. The van der Waals surface area contributed by atoms with Crippen molar-refractivity contribution in [2.75, 3.05) is 25.1 Å². The molecule has 3 nitrogen and oxygen atoms in total. The van der Waals surface area contributed by atoms with Crippen LogP contribution in [-0.2, 0) is 0 Å². The number of benzene rings is 1. The summed E-state index contributed by atoms with van der Waals surface area (Å²) < 4.78 is 5.52. The van der Waals surface area contributed by atoms with Gasteiger partial charge in [0.1, 0.15) is 5.75 Å². The molecule has 1 aliphatic heterocycles. The van der Waals surface area contributed by atoms with Gasteiger partial charge in [0.15, 0.2) is 0 Å². The molecule has 0 radical (unpaired) electrons. The van der Waals surface area contributed by atoms with Gasteiger partial charge in [0.2, 0.25) is 0 Å². The molecule has 1 aromatic carbocycles. The Labute approximate surface area is 109 Å². The van der Waals surface area contributed by atoms with Crippen molar-refractivity contribution in [3.8, 4) is 5.75 Å². The monoisotopic (exact) mass is 246 g/mol. The molecule has 1 N–H and O–H groups in total. The van der Waals surface area contributed by atoms with Crippen molar-refractivity contribution in [3.63, 3.8) is 0 Å². The van der Waals surface area contributed by atoms with Crippen LogP contribution in [0.25, 0.3) is 0 Å². The third kappa shape index (κ3) is 2.07. The minimum atomic E-state index is 0.642. The van der Waals surface area contributed by atoms with E-state index in [4.69, 9.17) is 4.74 Å². The van der Waals surface area contributed by atoms with Crippen LogP contribution in [0.1, 0.15) is 25.7 Å². The van der Waals surface area contributed by atoms with E-state index < -0.39 is 0 Å². The molecule has 0 amide bonds. The second kappa shape index (κ2) is 5.19. The van der Waals surface area contributed by atoms with E-state index in [9.17, 15) is 0 Å². The van der Waals surface area contributed by atoms with Crippen molar-refractivity contribution in [2.24, 2.45) is 0 Å². The van der Waals surface area contributed by atoms with Gasteiger partial charge in [-0.15, -0.1) is 0 Å². The summed E-state index contributed by atoms with van der Waals surface area (Å²) in [6.45, 7) is 2.17. The molecule has 1 aromatic rings. The Hall–Kier alpha value is -1.22. The number of ether oxygens (including phenoxy) is 1. The average molecular weight is 246 g/mol. The molecule has 0 bridgehead atoms. The first kappa shape index (κ1) is 11.8. The summed E-state index contributed by atoms with van der Waals surface area (Å²) in [7, 11) is 1.76. The molecule has 1 aliphatic carbocycles. The van der Waals surface area contributed by atoms with Crippen LogP contribution in [0.2, 0.25) is 0 Å². The predicted molar refractivity (Wildman–Crippen MR) is 74.4 cm³/mol. The first-order valence-electron chi connectivity index (χ1n) is 7.03. The molecule has 18 heavy (non-hydrogen) atoms. The van der Waals surface area contributed by atoms with Gasteiger partial charge in [-0.05, 0) is 25.0 Å². The number of anilines is 1. The summed E-state index contributed by atoms with van der Waals surface area (Å²) in [5.74, 6) is 1.00. The lowest BCUT2D eigenvalue weighted by atomic mass is 9.87. The van der Waals surface area contributed by atoms with E-state index in [1.165, 1.54) is 31.4 Å². The molecule has 1 saturated carbocycles. The quantitative estimate of drug-likeness (QED) is 0.867. The second-order valence-corrected chi connectivity index (χ2v) is 5.28. The summed E-state index contributed by atoms with van der Waals surface area (Å²) in [6, 6.07) is 9.72. The van der Waals surface area contributed by atoms with Crippen LogP contribution in [0.3, 0.4) is 0 Å². The van der Waals surface area contributed by atoms with E-state index >= 15 is 0 Å². The fraction of sp³-hybridized carbons (Fsp3) is 0.600. The number of hydrogen-bond donors (Lipinski definition) is 1. The number of para-hydroxylation sites is 2. The number of nitrogens with zero attached hydrogens (tertiary/aromatic N) is 1. The third-order valence-electron chi connectivity index (χ3n) is 4.28. The lowest BCUT2D eigenvalue weighted by molar-refractivity contribution is 0.282. The van der Waals surface area contributed by atoms with Gasteiger partial charge in [0, 0.05) is 25.2 Å². The van der Waals surface area contributed by atoms with Crippen molar-refractivity contribution in [1.29, 1.82) is 0 Å². The van der Waals surface area contributed by atoms with Crippen LogP contribution in [0, 0.1) is 0 Å². The highest BCUT2D eigenvalue weighted by Crippen LogP contribution is 2.34. The fourth-order valence-corrected chi connectivity index (χ4v) is 3.42. The Bertz CT molecular complexity index is 405. The molecular formula is C15H22N2O. The number of piperazine rings is 1. The topological polar surface area (TPSA) is 24.5 Å². The Morgan fingerprint density at radius 3 is 2.94 bits per heavy atom. The Morgan fingerprint density at radius 1 is 1.22 bits per heavy atom. The number of fused-ring (bicyclic) bond motifs is 1. The number of rotatable bonds is 2. The van der Waals surface area contributed by atoms with E-state index in [-0.39, 0.29) is 0 Å². The Balaban J connectivity index is 1.89. The summed E-state index contributed by atoms with van der Waals surface area (Å²) >= 11 is 0. The fourth-order valence-electron chi connectivity index (χ4n) is 3.42. The molecule has 2 atom stereocenters. The first-order valence-corrected chi connectivity index (χ1v) is 7.03. The van der Waals surface area contributed by atoms with Gasteiger partial charge in [0.05, 0.1) is 12.8 Å². The van der Waals surface area contributed by atoms with Gasteiger partial charge in [-0.2, -0.15) is 0 Å². The SMILES string of the molecule is COc1ccccc1N1CCN[C@H]2CCCC[C@@H]21. The molecule has 1 saturated heterocycles. The van der Waals surface area contributed by atoms with Gasteiger partial charge in [-0.1, -0.05) is 25.0 Å². The van der Waals surface area contributed by atoms with Crippen LogP contribution in [0.5, 0.6) is 5.75 Å². The summed E-state index contributed by atoms with van der Waals surface area (Å²) in [6.07, 6.45) is 5.34. The van der Waals surface area contributed by atoms with Crippen LogP contribution in [0.4, 0.5) is 5.69 Å². The second-order valence-electron chi connectivity index (χ2n) is 5.28. The third-order valence-corrected chi connectivity index (χ3v) is 4.28. The molecule has 2 fully saturated rings. The van der Waals surface area contributed by atoms with E-state index in [0.29, 0.717) is 12.1 Å². The Kier molecular flexibility index (Phi) is 3.41. The van der Waals surface area contributed by atoms with Crippen LogP contribution in [-0.4, -0.2) is 32.3 Å². The number of hydrogen-bond acceptors (Lipinski definition) is 3. The summed E-state index contributed by atoms with van der Waals surface area (Å²) in [5, 5.41) is 3.68. The highest BCUT2D eigenvalue weighted by molar-refractivity contribution is 5.59. The zero-order valence-electron chi connectivity index (χ0n) is 11.1. The highest BCUT2D eigenvalue weighted by Gasteiger charge is 2.33. The lowest BCUT2D eigenvalue weighted by Crippen LogP contribution is -2.59. The molecule has 1 heterocycles. The highest BCUT2D eigenvalue weighted by atomic mass is 16.5. The normalized spacial score (nSPS) is 27.7. The van der Waals surface area contributed by atoms with E-state index in [0.717, 1.165) is 18.8 Å². The van der Waals surface area contributed by atoms with Crippen LogP contribution >= 0.6 is 0 Å².